The molecule has 0 aliphatic carbocycles. The standard InChI is InChI=1S/C12H25NSi/c1-3-11-14(4-2)12-7-10-13-8-5-6-9-13/h3,11,14H,4-10,12H2,1-2H3. The first-order valence-electron chi connectivity index (χ1n) is 6.22. The molecule has 0 radical (unpaired) electrons. The third kappa shape index (κ3) is 4.42. The van der Waals surface area contributed by atoms with Crippen molar-refractivity contribution in [2.24, 2.45) is 0 Å². The monoisotopic (exact) mass is 211 g/mol. The molecule has 0 aromatic carbocycles. The third-order valence-corrected chi connectivity index (χ3v) is 6.36. The fraction of sp³-hybridized carbons (Fsp3) is 0.833. The van der Waals surface area contributed by atoms with Gasteiger partial charge in [-0.3, -0.25) is 0 Å². The van der Waals surface area contributed by atoms with Crippen molar-refractivity contribution in [2.45, 2.75) is 45.2 Å². The Hall–Kier alpha value is -0.0831. The minimum absolute atomic E-state index is 0.481. The molecule has 1 heterocycles. The van der Waals surface area contributed by atoms with E-state index >= 15 is 0 Å². The molecular weight excluding hydrogens is 186 g/mol. The van der Waals surface area contributed by atoms with Crippen LogP contribution < -0.4 is 0 Å². The van der Waals surface area contributed by atoms with E-state index in [0.717, 1.165) is 0 Å². The summed E-state index contributed by atoms with van der Waals surface area (Å²) in [5.74, 6) is 0. The molecule has 1 rings (SSSR count). The van der Waals surface area contributed by atoms with E-state index in [-0.39, 0.29) is 0 Å². The van der Waals surface area contributed by atoms with Crippen LogP contribution in [0.1, 0.15) is 33.1 Å². The van der Waals surface area contributed by atoms with Gasteiger partial charge in [0.1, 0.15) is 0 Å². The molecule has 1 saturated heterocycles. The molecule has 1 aliphatic heterocycles. The fourth-order valence-electron chi connectivity index (χ4n) is 2.29. The van der Waals surface area contributed by atoms with Crippen LogP contribution in [0, 0.1) is 0 Å². The van der Waals surface area contributed by atoms with Gasteiger partial charge in [-0.1, -0.05) is 25.1 Å². The number of rotatable bonds is 6. The van der Waals surface area contributed by atoms with Crippen molar-refractivity contribution in [1.82, 2.24) is 4.90 Å². The summed E-state index contributed by atoms with van der Waals surface area (Å²) in [5.41, 5.74) is 2.50. The van der Waals surface area contributed by atoms with Crippen LogP contribution in [-0.4, -0.2) is 33.3 Å². The zero-order valence-corrected chi connectivity index (χ0v) is 11.0. The van der Waals surface area contributed by atoms with E-state index in [9.17, 15) is 0 Å². The maximum Gasteiger partial charge on any atom is 0.0608 e. The molecular formula is C12H25NSi. The van der Waals surface area contributed by atoms with Gasteiger partial charge >= 0.3 is 0 Å². The van der Waals surface area contributed by atoms with Crippen molar-refractivity contribution in [3.63, 3.8) is 0 Å². The summed E-state index contributed by atoms with van der Waals surface area (Å²) in [6.07, 6.45) is 6.57. The Labute approximate surface area is 90.8 Å². The van der Waals surface area contributed by atoms with E-state index in [0.29, 0.717) is 0 Å². The Balaban J connectivity index is 2.06. The number of hydrogen-bond donors (Lipinski definition) is 0. The largest absolute Gasteiger partial charge is 0.303 e. The van der Waals surface area contributed by atoms with Crippen LogP contribution in [0.4, 0.5) is 0 Å². The van der Waals surface area contributed by atoms with Crippen molar-refractivity contribution < 1.29 is 0 Å². The lowest BCUT2D eigenvalue weighted by Crippen LogP contribution is -2.21. The van der Waals surface area contributed by atoms with E-state index in [1.807, 2.05) is 0 Å². The first kappa shape index (κ1) is 12.0. The number of allylic oxidation sites excluding steroid dienone is 1. The Morgan fingerprint density at radius 2 is 2.00 bits per heavy atom. The van der Waals surface area contributed by atoms with Crippen LogP contribution in [0.2, 0.25) is 12.1 Å². The zero-order valence-electron chi connectivity index (χ0n) is 9.84. The number of hydrogen-bond acceptors (Lipinski definition) is 1. The smallest absolute Gasteiger partial charge is 0.0608 e. The highest BCUT2D eigenvalue weighted by Crippen LogP contribution is 2.10. The number of nitrogens with zero attached hydrogens (tertiary/aromatic N) is 1. The van der Waals surface area contributed by atoms with Crippen LogP contribution in [-0.2, 0) is 0 Å². The summed E-state index contributed by atoms with van der Waals surface area (Å²) in [6, 6.07) is 2.95. The molecule has 0 aromatic rings. The summed E-state index contributed by atoms with van der Waals surface area (Å²) in [4.78, 5) is 2.64. The molecule has 82 valence electrons. The Kier molecular flexibility index (Phi) is 6.20. The van der Waals surface area contributed by atoms with Crippen molar-refractivity contribution in [3.8, 4) is 0 Å². The summed E-state index contributed by atoms with van der Waals surface area (Å²) in [7, 11) is -0.481. The molecule has 2 heteroatoms. The minimum atomic E-state index is -0.481. The van der Waals surface area contributed by atoms with Crippen LogP contribution in [0.15, 0.2) is 11.8 Å². The van der Waals surface area contributed by atoms with Crippen LogP contribution >= 0.6 is 0 Å². The topological polar surface area (TPSA) is 3.24 Å². The highest BCUT2D eigenvalue weighted by molar-refractivity contribution is 6.64. The second-order valence-corrected chi connectivity index (χ2v) is 7.68. The molecule has 0 amide bonds. The molecule has 1 nitrogen and oxygen atoms in total. The van der Waals surface area contributed by atoms with Gasteiger partial charge in [0, 0.05) is 0 Å². The lowest BCUT2D eigenvalue weighted by molar-refractivity contribution is 0.339. The van der Waals surface area contributed by atoms with Crippen LogP contribution in [0.3, 0.4) is 0 Å². The maximum absolute atomic E-state index is 2.64. The van der Waals surface area contributed by atoms with Gasteiger partial charge in [0.2, 0.25) is 0 Å². The Morgan fingerprint density at radius 3 is 2.57 bits per heavy atom. The molecule has 1 atom stereocenters. The fourth-order valence-corrected chi connectivity index (χ4v) is 4.42. The normalized spacial score (nSPS) is 20.7. The highest BCUT2D eigenvalue weighted by atomic mass is 28.3. The summed E-state index contributed by atoms with van der Waals surface area (Å²) in [5, 5.41) is 0. The van der Waals surface area contributed by atoms with E-state index in [4.69, 9.17) is 0 Å². The van der Waals surface area contributed by atoms with Crippen molar-refractivity contribution >= 4 is 8.80 Å². The molecule has 1 aliphatic rings. The molecule has 0 N–H and O–H groups in total. The van der Waals surface area contributed by atoms with E-state index in [1.165, 1.54) is 51.0 Å². The summed E-state index contributed by atoms with van der Waals surface area (Å²) >= 11 is 0. The van der Waals surface area contributed by atoms with E-state index < -0.39 is 8.80 Å². The predicted octanol–water partition coefficient (Wildman–Crippen LogP) is 2.83. The predicted molar refractivity (Wildman–Crippen MR) is 67.5 cm³/mol. The average molecular weight is 211 g/mol. The Morgan fingerprint density at radius 1 is 1.29 bits per heavy atom. The average Bonchev–Trinajstić information content (AvgIpc) is 2.69. The summed E-state index contributed by atoms with van der Waals surface area (Å²) in [6.45, 7) is 8.61. The van der Waals surface area contributed by atoms with Gasteiger partial charge in [0.05, 0.1) is 8.80 Å². The second kappa shape index (κ2) is 7.24. The molecule has 1 fully saturated rings. The lowest BCUT2D eigenvalue weighted by atomic mass is 10.4. The van der Waals surface area contributed by atoms with Crippen molar-refractivity contribution in [3.05, 3.63) is 11.8 Å². The van der Waals surface area contributed by atoms with Gasteiger partial charge in [-0.25, -0.2) is 0 Å². The minimum Gasteiger partial charge on any atom is -0.303 e. The van der Waals surface area contributed by atoms with Crippen LogP contribution in [0.25, 0.3) is 0 Å². The van der Waals surface area contributed by atoms with Gasteiger partial charge in [-0.15, -0.1) is 5.70 Å². The molecule has 0 aromatic heterocycles. The van der Waals surface area contributed by atoms with Crippen molar-refractivity contribution in [2.75, 3.05) is 19.6 Å². The van der Waals surface area contributed by atoms with Gasteiger partial charge in [-0.2, -0.15) is 0 Å². The Bertz CT molecular complexity index is 162. The van der Waals surface area contributed by atoms with Crippen LogP contribution in [0.5, 0.6) is 0 Å². The molecule has 14 heavy (non-hydrogen) atoms. The van der Waals surface area contributed by atoms with Gasteiger partial charge < -0.3 is 4.90 Å². The molecule has 1 unspecified atom stereocenters. The van der Waals surface area contributed by atoms with Gasteiger partial charge in [0.25, 0.3) is 0 Å². The maximum atomic E-state index is 2.64. The summed E-state index contributed by atoms with van der Waals surface area (Å²) < 4.78 is 0. The highest BCUT2D eigenvalue weighted by Gasteiger charge is 2.11. The van der Waals surface area contributed by atoms with E-state index in [1.54, 1.807) is 0 Å². The number of likely N-dealkylation sites (tertiary alicyclic amines) is 1. The molecule has 0 bridgehead atoms. The molecule has 0 spiro atoms. The third-order valence-electron chi connectivity index (χ3n) is 3.24. The lowest BCUT2D eigenvalue weighted by Gasteiger charge is -2.15. The first-order chi connectivity index (χ1) is 6.86. The quantitative estimate of drug-likeness (QED) is 0.611. The first-order valence-corrected chi connectivity index (χ1v) is 8.52. The van der Waals surface area contributed by atoms with E-state index in [2.05, 4.69) is 30.5 Å². The van der Waals surface area contributed by atoms with Gasteiger partial charge in [0.15, 0.2) is 0 Å². The second-order valence-electron chi connectivity index (χ2n) is 4.39. The van der Waals surface area contributed by atoms with Crippen molar-refractivity contribution in [1.29, 1.82) is 0 Å². The molecule has 0 saturated carbocycles. The SMILES string of the molecule is CC=C[SiH](CC)CCCN1CCCC1. The van der Waals surface area contributed by atoms with Gasteiger partial charge in [-0.05, 0) is 45.8 Å². The zero-order chi connectivity index (χ0) is 10.2.